The van der Waals surface area contributed by atoms with E-state index in [1.54, 1.807) is 78.9 Å². The fraction of sp³-hybridized carbons (Fsp3) is 0.0526. The zero-order chi connectivity index (χ0) is 18.4. The maximum absolute atomic E-state index is 12.1. The molecule has 2 heterocycles. The first-order chi connectivity index (χ1) is 12.6. The van der Waals surface area contributed by atoms with Crippen molar-refractivity contribution in [3.63, 3.8) is 0 Å². The van der Waals surface area contributed by atoms with Crippen LogP contribution >= 0.6 is 0 Å². The topological polar surface area (TPSA) is 86.1 Å². The molecule has 1 amide bonds. The summed E-state index contributed by atoms with van der Waals surface area (Å²) in [6.07, 6.45) is 7.94. The molecule has 1 N–H and O–H groups in total. The van der Waals surface area contributed by atoms with Crippen molar-refractivity contribution in [3.8, 4) is 5.75 Å². The van der Waals surface area contributed by atoms with Gasteiger partial charge in [0.1, 0.15) is 11.6 Å². The highest BCUT2D eigenvalue weighted by Crippen LogP contribution is 2.14. The van der Waals surface area contributed by atoms with Gasteiger partial charge in [-0.15, -0.1) is 0 Å². The zero-order valence-electron chi connectivity index (χ0n) is 14.0. The highest BCUT2D eigenvalue weighted by atomic mass is 16.5. The van der Waals surface area contributed by atoms with E-state index in [9.17, 15) is 9.59 Å². The Labute approximate surface area is 149 Å². The molecule has 0 atom stereocenters. The second kappa shape index (κ2) is 7.89. The molecule has 1 aromatic carbocycles. The number of benzene rings is 1. The number of esters is 1. The Kier molecular flexibility index (Phi) is 5.19. The molecule has 0 radical (unpaired) electrons. The van der Waals surface area contributed by atoms with E-state index in [-0.39, 0.29) is 5.91 Å². The lowest BCUT2D eigenvalue weighted by atomic mass is 10.2. The first-order valence-electron chi connectivity index (χ1n) is 7.81. The number of nitrogens with zero attached hydrogens (tertiary/aromatic N) is 3. The van der Waals surface area contributed by atoms with Crippen molar-refractivity contribution in [1.29, 1.82) is 0 Å². The predicted molar refractivity (Wildman–Crippen MR) is 96.5 cm³/mol. The van der Waals surface area contributed by atoms with Crippen LogP contribution in [-0.2, 0) is 11.8 Å². The van der Waals surface area contributed by atoms with Crippen LogP contribution in [0.3, 0.4) is 0 Å². The Morgan fingerprint density at radius 2 is 1.96 bits per heavy atom. The van der Waals surface area contributed by atoms with Gasteiger partial charge < -0.3 is 10.1 Å². The molecule has 0 bridgehead atoms. The fourth-order valence-corrected chi connectivity index (χ4v) is 2.14. The second-order valence-electron chi connectivity index (χ2n) is 5.40. The summed E-state index contributed by atoms with van der Waals surface area (Å²) >= 11 is 0. The molecular formula is C19H16N4O3. The summed E-state index contributed by atoms with van der Waals surface area (Å²) in [7, 11) is 1.79. The Bertz CT molecular complexity index is 931. The van der Waals surface area contributed by atoms with Gasteiger partial charge >= 0.3 is 5.97 Å². The van der Waals surface area contributed by atoms with Crippen molar-refractivity contribution < 1.29 is 14.3 Å². The summed E-state index contributed by atoms with van der Waals surface area (Å²) in [6.45, 7) is 0. The molecule has 3 aromatic rings. The summed E-state index contributed by atoms with van der Waals surface area (Å²) in [5.74, 6) is 0.00589. The van der Waals surface area contributed by atoms with Crippen LogP contribution in [0.2, 0.25) is 0 Å². The van der Waals surface area contributed by atoms with Crippen molar-refractivity contribution >= 4 is 23.8 Å². The molecule has 26 heavy (non-hydrogen) atoms. The fourth-order valence-electron chi connectivity index (χ4n) is 2.14. The molecule has 0 fully saturated rings. The standard InChI is InChI=1S/C19H16N4O3/c1-23-13-14(12-21-23)5-10-18(24)26-16-8-6-15(7-9-16)19(25)22-17-4-2-3-11-20-17/h2-13H,1H3,(H,20,22,25)/b10-5-. The number of rotatable bonds is 5. The van der Waals surface area contributed by atoms with Gasteiger partial charge in [0.2, 0.25) is 0 Å². The minimum atomic E-state index is -0.514. The number of anilines is 1. The lowest BCUT2D eigenvalue weighted by Crippen LogP contribution is -2.12. The number of hydrogen-bond acceptors (Lipinski definition) is 5. The Morgan fingerprint density at radius 3 is 2.62 bits per heavy atom. The molecule has 7 heteroatoms. The lowest BCUT2D eigenvalue weighted by molar-refractivity contribution is -0.128. The summed E-state index contributed by atoms with van der Waals surface area (Å²) in [6, 6.07) is 11.5. The third kappa shape index (κ3) is 4.64. The lowest BCUT2D eigenvalue weighted by Gasteiger charge is -2.05. The second-order valence-corrected chi connectivity index (χ2v) is 5.40. The highest BCUT2D eigenvalue weighted by Gasteiger charge is 2.08. The SMILES string of the molecule is Cn1cc(/C=C\C(=O)Oc2ccc(C(=O)Nc3ccccn3)cc2)cn1. The van der Waals surface area contributed by atoms with Crippen LogP contribution in [0.25, 0.3) is 6.08 Å². The number of nitrogens with one attached hydrogen (secondary N) is 1. The Hall–Kier alpha value is -3.74. The average molecular weight is 348 g/mol. The van der Waals surface area contributed by atoms with Crippen LogP contribution in [-0.4, -0.2) is 26.6 Å². The molecule has 0 aliphatic heterocycles. The van der Waals surface area contributed by atoms with Crippen LogP contribution in [0.15, 0.2) is 67.1 Å². The molecule has 130 valence electrons. The molecule has 0 unspecified atom stereocenters. The van der Waals surface area contributed by atoms with Crippen LogP contribution in [0.4, 0.5) is 5.82 Å². The number of hydrogen-bond donors (Lipinski definition) is 1. The summed E-state index contributed by atoms with van der Waals surface area (Å²) < 4.78 is 6.84. The van der Waals surface area contributed by atoms with E-state index in [4.69, 9.17) is 4.74 Å². The molecule has 7 nitrogen and oxygen atoms in total. The van der Waals surface area contributed by atoms with Crippen molar-refractivity contribution in [2.45, 2.75) is 0 Å². The quantitative estimate of drug-likeness (QED) is 0.435. The number of aromatic nitrogens is 3. The van der Waals surface area contributed by atoms with Gasteiger partial charge in [0.25, 0.3) is 5.91 Å². The van der Waals surface area contributed by atoms with Gasteiger partial charge in [-0.25, -0.2) is 9.78 Å². The number of aryl methyl sites for hydroxylation is 1. The van der Waals surface area contributed by atoms with Gasteiger partial charge in [-0.05, 0) is 42.5 Å². The van der Waals surface area contributed by atoms with Gasteiger partial charge in [-0.1, -0.05) is 6.07 Å². The van der Waals surface area contributed by atoms with Gasteiger partial charge in [0.15, 0.2) is 0 Å². The van der Waals surface area contributed by atoms with Crippen LogP contribution in [0.1, 0.15) is 15.9 Å². The predicted octanol–water partition coefficient (Wildman–Crippen LogP) is 2.69. The van der Waals surface area contributed by atoms with E-state index >= 15 is 0 Å². The zero-order valence-corrected chi connectivity index (χ0v) is 14.0. The van der Waals surface area contributed by atoms with Gasteiger partial charge in [-0.2, -0.15) is 5.10 Å². The smallest absolute Gasteiger partial charge is 0.336 e. The molecular weight excluding hydrogens is 332 g/mol. The van der Waals surface area contributed by atoms with Crippen molar-refractivity contribution in [2.75, 3.05) is 5.32 Å². The largest absolute Gasteiger partial charge is 0.423 e. The number of pyridine rings is 1. The van der Waals surface area contributed by atoms with Crippen molar-refractivity contribution in [3.05, 3.63) is 78.3 Å². The first kappa shape index (κ1) is 17.1. The van der Waals surface area contributed by atoms with E-state index in [1.807, 2.05) is 0 Å². The third-order valence-electron chi connectivity index (χ3n) is 3.38. The van der Waals surface area contributed by atoms with E-state index in [2.05, 4.69) is 15.4 Å². The molecule has 3 rings (SSSR count). The third-order valence-corrected chi connectivity index (χ3v) is 3.38. The van der Waals surface area contributed by atoms with Crippen molar-refractivity contribution in [2.24, 2.45) is 7.05 Å². The van der Waals surface area contributed by atoms with Crippen molar-refractivity contribution in [1.82, 2.24) is 14.8 Å². The minimum Gasteiger partial charge on any atom is -0.423 e. The first-order valence-corrected chi connectivity index (χ1v) is 7.81. The maximum atomic E-state index is 12.1. The Balaban J connectivity index is 1.57. The van der Waals surface area contributed by atoms with Crippen LogP contribution in [0, 0.1) is 0 Å². The average Bonchev–Trinajstić information content (AvgIpc) is 3.07. The molecule has 0 saturated heterocycles. The number of carbonyl (C=O) groups excluding carboxylic acids is 2. The highest BCUT2D eigenvalue weighted by molar-refractivity contribution is 6.03. The van der Waals surface area contributed by atoms with Crippen LogP contribution < -0.4 is 10.1 Å². The summed E-state index contributed by atoms with van der Waals surface area (Å²) in [5.41, 5.74) is 1.23. The molecule has 0 saturated carbocycles. The van der Waals surface area contributed by atoms with Gasteiger partial charge in [0, 0.05) is 36.6 Å². The number of amides is 1. The number of ether oxygens (including phenoxy) is 1. The minimum absolute atomic E-state index is 0.293. The maximum Gasteiger partial charge on any atom is 0.336 e. The van der Waals surface area contributed by atoms with Gasteiger partial charge in [-0.3, -0.25) is 9.48 Å². The van der Waals surface area contributed by atoms with E-state index in [0.717, 1.165) is 5.56 Å². The normalized spacial score (nSPS) is 10.7. The summed E-state index contributed by atoms with van der Waals surface area (Å²) in [5, 5.41) is 6.69. The monoisotopic (exact) mass is 348 g/mol. The Morgan fingerprint density at radius 1 is 1.15 bits per heavy atom. The number of carbonyl (C=O) groups is 2. The summed E-state index contributed by atoms with van der Waals surface area (Å²) in [4.78, 5) is 28.0. The van der Waals surface area contributed by atoms with E-state index < -0.39 is 5.97 Å². The molecule has 0 aliphatic carbocycles. The van der Waals surface area contributed by atoms with Crippen LogP contribution in [0.5, 0.6) is 5.75 Å². The van der Waals surface area contributed by atoms with Gasteiger partial charge in [0.05, 0.1) is 6.20 Å². The molecule has 2 aromatic heterocycles. The van der Waals surface area contributed by atoms with E-state index in [0.29, 0.717) is 17.1 Å². The molecule has 0 aliphatic rings. The molecule has 0 spiro atoms. The van der Waals surface area contributed by atoms with E-state index in [1.165, 1.54) is 6.08 Å².